The Morgan fingerprint density at radius 1 is 1.28 bits per heavy atom. The molecule has 1 aromatic rings. The molecule has 0 aromatic heterocycles. The van der Waals surface area contributed by atoms with Gasteiger partial charge in [-0.15, -0.1) is 0 Å². The summed E-state index contributed by atoms with van der Waals surface area (Å²) in [6.07, 6.45) is 1.15. The van der Waals surface area contributed by atoms with Crippen LogP contribution in [0.4, 0.5) is 4.39 Å². The molecule has 0 unspecified atom stereocenters. The fraction of sp³-hybridized carbons (Fsp3) is 0.611. The normalized spacial score (nSPS) is 21.2. The number of methoxy groups -OCH3 is 1. The predicted octanol–water partition coefficient (Wildman–Crippen LogP) is 0.986. The van der Waals surface area contributed by atoms with Crippen molar-refractivity contribution in [1.29, 1.82) is 0 Å². The van der Waals surface area contributed by atoms with Crippen LogP contribution in [0.25, 0.3) is 0 Å². The Balaban J connectivity index is 1.57. The summed E-state index contributed by atoms with van der Waals surface area (Å²) in [7, 11) is 1.59. The van der Waals surface area contributed by atoms with E-state index in [0.717, 1.165) is 18.7 Å². The third-order valence-electron chi connectivity index (χ3n) is 5.11. The van der Waals surface area contributed by atoms with Crippen LogP contribution in [0.3, 0.4) is 0 Å². The molecule has 1 aromatic carbocycles. The molecule has 0 bridgehead atoms. The first kappa shape index (κ1) is 18.1. The highest BCUT2D eigenvalue weighted by Crippen LogP contribution is 2.24. The van der Waals surface area contributed by atoms with E-state index in [2.05, 4.69) is 4.90 Å². The van der Waals surface area contributed by atoms with Gasteiger partial charge in [0.25, 0.3) is 0 Å². The van der Waals surface area contributed by atoms with Gasteiger partial charge in [0.2, 0.25) is 5.91 Å². The van der Waals surface area contributed by atoms with E-state index in [-0.39, 0.29) is 11.7 Å². The summed E-state index contributed by atoms with van der Waals surface area (Å²) in [6.45, 7) is 4.43. The topological polar surface area (TPSA) is 68.0 Å². The van der Waals surface area contributed by atoms with Crippen molar-refractivity contribution in [3.05, 3.63) is 29.6 Å². The number of carbonyl (C=O) groups excluding carboxylic acids is 1. The van der Waals surface area contributed by atoms with E-state index in [0.29, 0.717) is 51.4 Å². The summed E-state index contributed by atoms with van der Waals surface area (Å²) in [4.78, 5) is 16.8. The van der Waals surface area contributed by atoms with E-state index in [1.807, 2.05) is 4.90 Å². The van der Waals surface area contributed by atoms with Gasteiger partial charge in [-0.1, -0.05) is 0 Å². The third kappa shape index (κ3) is 4.11. The number of hydrogen-bond acceptors (Lipinski definition) is 5. The molecule has 2 N–H and O–H groups in total. The van der Waals surface area contributed by atoms with Crippen molar-refractivity contribution < 1.29 is 18.7 Å². The van der Waals surface area contributed by atoms with Gasteiger partial charge < -0.3 is 20.1 Å². The molecule has 0 radical (unpaired) electrons. The molecule has 0 aliphatic carbocycles. The van der Waals surface area contributed by atoms with E-state index in [1.54, 1.807) is 13.2 Å². The second-order valence-corrected chi connectivity index (χ2v) is 6.79. The highest BCUT2D eigenvalue weighted by molar-refractivity contribution is 5.86. The molecule has 138 valence electrons. The fourth-order valence-electron chi connectivity index (χ4n) is 3.49. The van der Waals surface area contributed by atoms with Crippen LogP contribution in [0.2, 0.25) is 0 Å². The van der Waals surface area contributed by atoms with Gasteiger partial charge in [0.15, 0.2) is 0 Å². The van der Waals surface area contributed by atoms with Crippen LogP contribution >= 0.6 is 0 Å². The summed E-state index contributed by atoms with van der Waals surface area (Å²) in [5.41, 5.74) is 6.34. The van der Waals surface area contributed by atoms with E-state index in [9.17, 15) is 9.18 Å². The SMILES string of the molecule is COc1ccc(F)cc1CN1CCN(C(=O)C2(N)CCOCC2)CC1. The zero-order valence-electron chi connectivity index (χ0n) is 14.7. The quantitative estimate of drug-likeness (QED) is 0.876. The molecule has 2 aliphatic rings. The molecule has 0 atom stereocenters. The van der Waals surface area contributed by atoms with Crippen LogP contribution < -0.4 is 10.5 Å². The Labute approximate surface area is 147 Å². The van der Waals surface area contributed by atoms with Gasteiger partial charge >= 0.3 is 0 Å². The van der Waals surface area contributed by atoms with Crippen LogP contribution in [0.1, 0.15) is 18.4 Å². The minimum atomic E-state index is -0.786. The Morgan fingerprint density at radius 2 is 1.96 bits per heavy atom. The minimum absolute atomic E-state index is 0.0267. The first-order chi connectivity index (χ1) is 12.0. The summed E-state index contributed by atoms with van der Waals surface area (Å²) in [6, 6.07) is 4.55. The van der Waals surface area contributed by atoms with Crippen molar-refractivity contribution in [2.24, 2.45) is 5.73 Å². The molecule has 0 saturated carbocycles. The first-order valence-electron chi connectivity index (χ1n) is 8.72. The van der Waals surface area contributed by atoms with Gasteiger partial charge in [-0.3, -0.25) is 9.69 Å². The lowest BCUT2D eigenvalue weighted by Gasteiger charge is -2.41. The molecule has 0 spiro atoms. The van der Waals surface area contributed by atoms with E-state index in [1.165, 1.54) is 12.1 Å². The molecule has 1 amide bonds. The number of piperazine rings is 1. The number of carbonyl (C=O) groups is 1. The van der Waals surface area contributed by atoms with Gasteiger partial charge in [0.05, 0.1) is 12.6 Å². The summed E-state index contributed by atoms with van der Waals surface area (Å²) < 4.78 is 24.1. The lowest BCUT2D eigenvalue weighted by Crippen LogP contribution is -2.61. The number of amides is 1. The standard InChI is InChI=1S/C18H26FN3O3/c1-24-16-3-2-15(19)12-14(16)13-21-6-8-22(9-7-21)17(23)18(20)4-10-25-11-5-18/h2-3,12H,4-11,13,20H2,1H3. The molecule has 2 aliphatic heterocycles. The van der Waals surface area contributed by atoms with Crippen molar-refractivity contribution in [3.63, 3.8) is 0 Å². The number of benzene rings is 1. The fourth-order valence-corrected chi connectivity index (χ4v) is 3.49. The number of nitrogens with two attached hydrogens (primary N) is 1. The third-order valence-corrected chi connectivity index (χ3v) is 5.11. The number of halogens is 1. The van der Waals surface area contributed by atoms with Crippen molar-refractivity contribution >= 4 is 5.91 Å². The molecule has 2 fully saturated rings. The summed E-state index contributed by atoms with van der Waals surface area (Å²) in [5, 5.41) is 0. The first-order valence-corrected chi connectivity index (χ1v) is 8.72. The Hall–Kier alpha value is -1.70. The maximum absolute atomic E-state index is 13.5. The Kier molecular flexibility index (Phi) is 5.56. The van der Waals surface area contributed by atoms with E-state index < -0.39 is 5.54 Å². The van der Waals surface area contributed by atoms with Gasteiger partial charge in [0, 0.05) is 51.5 Å². The van der Waals surface area contributed by atoms with Crippen molar-refractivity contribution in [2.75, 3.05) is 46.5 Å². The molecule has 7 heteroatoms. The molecular formula is C18H26FN3O3. The smallest absolute Gasteiger partial charge is 0.242 e. The monoisotopic (exact) mass is 351 g/mol. The zero-order valence-corrected chi connectivity index (χ0v) is 14.7. The molecule has 25 heavy (non-hydrogen) atoms. The van der Waals surface area contributed by atoms with Crippen LogP contribution in [0.5, 0.6) is 5.75 Å². The second kappa shape index (κ2) is 7.68. The van der Waals surface area contributed by atoms with Gasteiger partial charge in [-0.2, -0.15) is 0 Å². The largest absolute Gasteiger partial charge is 0.496 e. The average molecular weight is 351 g/mol. The maximum Gasteiger partial charge on any atom is 0.242 e. The lowest BCUT2D eigenvalue weighted by molar-refractivity contribution is -0.142. The Bertz CT molecular complexity index is 612. The van der Waals surface area contributed by atoms with E-state index in [4.69, 9.17) is 15.2 Å². The summed E-state index contributed by atoms with van der Waals surface area (Å²) >= 11 is 0. The van der Waals surface area contributed by atoms with Gasteiger partial charge in [-0.25, -0.2) is 4.39 Å². The molecule has 2 heterocycles. The van der Waals surface area contributed by atoms with Crippen molar-refractivity contribution in [3.8, 4) is 5.75 Å². The summed E-state index contributed by atoms with van der Waals surface area (Å²) in [5.74, 6) is 0.441. The number of nitrogens with zero attached hydrogens (tertiary/aromatic N) is 2. The minimum Gasteiger partial charge on any atom is -0.496 e. The van der Waals surface area contributed by atoms with Crippen LogP contribution in [-0.4, -0.2) is 67.7 Å². The predicted molar refractivity (Wildman–Crippen MR) is 91.8 cm³/mol. The number of ether oxygens (including phenoxy) is 2. The van der Waals surface area contributed by atoms with Crippen LogP contribution in [0, 0.1) is 5.82 Å². The average Bonchev–Trinajstić information content (AvgIpc) is 2.63. The molecule has 2 saturated heterocycles. The lowest BCUT2D eigenvalue weighted by atomic mass is 9.89. The van der Waals surface area contributed by atoms with Gasteiger partial charge in [-0.05, 0) is 31.0 Å². The molecule has 6 nitrogen and oxygen atoms in total. The van der Waals surface area contributed by atoms with Gasteiger partial charge in [0.1, 0.15) is 11.6 Å². The van der Waals surface area contributed by atoms with E-state index >= 15 is 0 Å². The molecule has 3 rings (SSSR count). The van der Waals surface area contributed by atoms with Crippen LogP contribution in [0.15, 0.2) is 18.2 Å². The van der Waals surface area contributed by atoms with Crippen LogP contribution in [-0.2, 0) is 16.1 Å². The van der Waals surface area contributed by atoms with Crippen molar-refractivity contribution in [1.82, 2.24) is 9.80 Å². The maximum atomic E-state index is 13.5. The number of hydrogen-bond donors (Lipinski definition) is 1. The highest BCUT2D eigenvalue weighted by Gasteiger charge is 2.39. The number of rotatable bonds is 4. The zero-order chi connectivity index (χ0) is 17.9. The molecular weight excluding hydrogens is 325 g/mol. The van der Waals surface area contributed by atoms with Crippen molar-refractivity contribution in [2.45, 2.75) is 24.9 Å². The Morgan fingerprint density at radius 3 is 2.60 bits per heavy atom. The second-order valence-electron chi connectivity index (χ2n) is 6.79. The highest BCUT2D eigenvalue weighted by atomic mass is 19.1.